The van der Waals surface area contributed by atoms with Crippen LogP contribution in [0.3, 0.4) is 0 Å². The molecule has 154 valence electrons. The van der Waals surface area contributed by atoms with Crippen LogP contribution in [0.15, 0.2) is 4.99 Å². The van der Waals surface area contributed by atoms with E-state index in [1.54, 1.807) is 7.05 Å². The molecule has 0 bridgehead atoms. The minimum atomic E-state index is -5.22. The number of aliphatic imine (C=N–C) groups is 1. The first-order chi connectivity index (χ1) is 11.7. The van der Waals surface area contributed by atoms with Crippen LogP contribution in [-0.4, -0.2) is 56.9 Å². The zero-order chi connectivity index (χ0) is 18.7. The fraction of sp³-hybridized carbons (Fsp3) is 0.933. The summed E-state index contributed by atoms with van der Waals surface area (Å²) >= 11 is 0. The van der Waals surface area contributed by atoms with Gasteiger partial charge in [0.1, 0.15) is 0 Å². The van der Waals surface area contributed by atoms with E-state index >= 15 is 0 Å². The van der Waals surface area contributed by atoms with Crippen LogP contribution in [0, 0.1) is 11.8 Å². The average Bonchev–Trinajstić information content (AvgIpc) is 3.28. The van der Waals surface area contributed by atoms with Gasteiger partial charge >= 0.3 is 15.5 Å². The fourth-order valence-electron chi connectivity index (χ4n) is 3.23. The molecule has 1 saturated carbocycles. The number of nitrogens with one attached hydrogen (secondary N) is 2. The predicted octanol–water partition coefficient (Wildman–Crippen LogP) is 2.52. The van der Waals surface area contributed by atoms with Gasteiger partial charge in [0.05, 0.1) is 0 Å². The van der Waals surface area contributed by atoms with Gasteiger partial charge < -0.3 is 10.6 Å². The molecule has 0 radical (unpaired) electrons. The van der Waals surface area contributed by atoms with Crippen LogP contribution in [0.5, 0.6) is 0 Å². The van der Waals surface area contributed by atoms with Crippen LogP contribution in [0.25, 0.3) is 0 Å². The number of hydrogen-bond acceptors (Lipinski definition) is 3. The van der Waals surface area contributed by atoms with E-state index in [1.165, 1.54) is 6.42 Å². The first-order valence-corrected chi connectivity index (χ1v) is 10.2. The normalized spacial score (nSPS) is 25.5. The molecule has 1 aliphatic heterocycles. The second-order valence-electron chi connectivity index (χ2n) is 6.78. The molecule has 1 heterocycles. The van der Waals surface area contributed by atoms with Gasteiger partial charge in [0.15, 0.2) is 5.96 Å². The predicted molar refractivity (Wildman–Crippen MR) is 106 cm³/mol. The van der Waals surface area contributed by atoms with Gasteiger partial charge in [-0.15, -0.1) is 24.0 Å². The number of piperidine rings is 1. The van der Waals surface area contributed by atoms with Gasteiger partial charge in [-0.2, -0.15) is 17.5 Å². The van der Waals surface area contributed by atoms with E-state index in [-0.39, 0.29) is 43.0 Å². The fourth-order valence-corrected chi connectivity index (χ4v) is 4.21. The molecule has 2 atom stereocenters. The molecule has 2 unspecified atom stereocenters. The Morgan fingerprint density at radius 1 is 1.27 bits per heavy atom. The highest BCUT2D eigenvalue weighted by atomic mass is 127. The van der Waals surface area contributed by atoms with Crippen molar-refractivity contribution in [2.75, 3.05) is 26.7 Å². The lowest BCUT2D eigenvalue weighted by Gasteiger charge is -2.31. The maximum Gasteiger partial charge on any atom is 0.511 e. The molecule has 11 heteroatoms. The number of alkyl halides is 3. The number of guanidine groups is 1. The molecular weight excluding hydrogens is 484 g/mol. The molecule has 0 aromatic rings. The summed E-state index contributed by atoms with van der Waals surface area (Å²) in [5, 5.41) is 6.56. The van der Waals surface area contributed by atoms with Crippen LogP contribution in [0.4, 0.5) is 13.2 Å². The standard InChI is InChI=1S/C15H27F3N4O2S.HI/c1-3-4-12-9-13(12)21-14(19-2)20-10-11-5-7-22(8-6-11)25(23,24)15(16,17)18;/h11-13H,3-10H2,1-2H3,(H2,19,20,21);1H. The third-order valence-corrected chi connectivity index (χ3v) is 6.52. The van der Waals surface area contributed by atoms with Crippen molar-refractivity contribution in [1.29, 1.82) is 0 Å². The summed E-state index contributed by atoms with van der Waals surface area (Å²) in [6, 6.07) is 0.449. The minimum absolute atomic E-state index is 0. The lowest BCUT2D eigenvalue weighted by Crippen LogP contribution is -2.47. The molecule has 0 amide bonds. The monoisotopic (exact) mass is 512 g/mol. The van der Waals surface area contributed by atoms with E-state index in [2.05, 4.69) is 22.5 Å². The summed E-state index contributed by atoms with van der Waals surface area (Å²) in [5.74, 6) is 1.53. The lowest BCUT2D eigenvalue weighted by atomic mass is 9.98. The molecule has 2 rings (SSSR count). The van der Waals surface area contributed by atoms with E-state index in [1.807, 2.05) is 0 Å². The first-order valence-electron chi connectivity index (χ1n) is 8.72. The highest BCUT2D eigenvalue weighted by Gasteiger charge is 2.50. The quantitative estimate of drug-likeness (QED) is 0.326. The molecular formula is C15H28F3IN4O2S. The second kappa shape index (κ2) is 9.76. The average molecular weight is 512 g/mol. The van der Waals surface area contributed by atoms with Crippen molar-refractivity contribution in [3.63, 3.8) is 0 Å². The van der Waals surface area contributed by atoms with Gasteiger partial charge in [0.2, 0.25) is 0 Å². The molecule has 0 aromatic heterocycles. The van der Waals surface area contributed by atoms with Crippen LogP contribution < -0.4 is 10.6 Å². The summed E-state index contributed by atoms with van der Waals surface area (Å²) in [6.07, 6.45) is 4.31. The zero-order valence-electron chi connectivity index (χ0n) is 15.1. The van der Waals surface area contributed by atoms with Gasteiger partial charge in [0.25, 0.3) is 0 Å². The van der Waals surface area contributed by atoms with Gasteiger partial charge in [0, 0.05) is 32.7 Å². The van der Waals surface area contributed by atoms with Crippen LogP contribution in [-0.2, 0) is 10.0 Å². The maximum atomic E-state index is 12.6. The van der Waals surface area contributed by atoms with E-state index in [0.29, 0.717) is 41.6 Å². The van der Waals surface area contributed by atoms with Crippen molar-refractivity contribution in [1.82, 2.24) is 14.9 Å². The molecule has 1 saturated heterocycles. The Balaban J connectivity index is 0.00000338. The van der Waals surface area contributed by atoms with Gasteiger partial charge in [-0.05, 0) is 37.5 Å². The summed E-state index contributed by atoms with van der Waals surface area (Å²) in [5.41, 5.74) is -5.22. The van der Waals surface area contributed by atoms with Crippen molar-refractivity contribution in [2.24, 2.45) is 16.8 Å². The van der Waals surface area contributed by atoms with Crippen LogP contribution >= 0.6 is 24.0 Å². The Hall–Kier alpha value is -0.300. The Morgan fingerprint density at radius 2 is 1.88 bits per heavy atom. The number of nitrogens with zero attached hydrogens (tertiary/aromatic N) is 2. The van der Waals surface area contributed by atoms with E-state index in [0.717, 1.165) is 12.8 Å². The third kappa shape index (κ3) is 6.11. The topological polar surface area (TPSA) is 73.8 Å². The zero-order valence-corrected chi connectivity index (χ0v) is 18.2. The Bertz CT molecular complexity index is 578. The van der Waals surface area contributed by atoms with Crippen LogP contribution in [0.2, 0.25) is 0 Å². The van der Waals surface area contributed by atoms with Crippen molar-refractivity contribution >= 4 is 40.0 Å². The largest absolute Gasteiger partial charge is 0.511 e. The number of hydrogen-bond donors (Lipinski definition) is 2. The van der Waals surface area contributed by atoms with E-state index < -0.39 is 15.5 Å². The number of sulfonamides is 1. The molecule has 0 spiro atoms. The summed E-state index contributed by atoms with van der Waals surface area (Å²) in [7, 11) is -3.52. The van der Waals surface area contributed by atoms with Gasteiger partial charge in [-0.1, -0.05) is 13.3 Å². The minimum Gasteiger partial charge on any atom is -0.356 e. The number of rotatable bonds is 6. The molecule has 6 nitrogen and oxygen atoms in total. The van der Waals surface area contributed by atoms with Crippen molar-refractivity contribution in [3.8, 4) is 0 Å². The van der Waals surface area contributed by atoms with Crippen LogP contribution in [0.1, 0.15) is 39.0 Å². The van der Waals surface area contributed by atoms with Crippen molar-refractivity contribution in [3.05, 3.63) is 0 Å². The Morgan fingerprint density at radius 3 is 2.38 bits per heavy atom. The maximum absolute atomic E-state index is 12.6. The SMILES string of the molecule is CCCC1CC1NC(=NC)NCC1CCN(S(=O)(=O)C(F)(F)F)CC1.I. The summed E-state index contributed by atoms with van der Waals surface area (Å²) < 4.78 is 61.0. The van der Waals surface area contributed by atoms with Crippen molar-refractivity contribution < 1.29 is 21.6 Å². The van der Waals surface area contributed by atoms with E-state index in [4.69, 9.17) is 0 Å². The molecule has 0 aromatic carbocycles. The molecule has 26 heavy (non-hydrogen) atoms. The second-order valence-corrected chi connectivity index (χ2v) is 8.71. The number of halogens is 4. The Kier molecular flexibility index (Phi) is 8.91. The molecule has 2 N–H and O–H groups in total. The molecule has 1 aliphatic carbocycles. The summed E-state index contributed by atoms with van der Waals surface area (Å²) in [4.78, 5) is 4.17. The third-order valence-electron chi connectivity index (χ3n) is 4.89. The van der Waals surface area contributed by atoms with E-state index in [9.17, 15) is 21.6 Å². The van der Waals surface area contributed by atoms with Crippen molar-refractivity contribution in [2.45, 2.75) is 50.6 Å². The molecule has 2 fully saturated rings. The van der Waals surface area contributed by atoms with Gasteiger partial charge in [-0.25, -0.2) is 8.42 Å². The first kappa shape index (κ1) is 23.7. The highest BCUT2D eigenvalue weighted by molar-refractivity contribution is 14.0. The highest BCUT2D eigenvalue weighted by Crippen LogP contribution is 2.34. The van der Waals surface area contributed by atoms with Gasteiger partial charge in [-0.3, -0.25) is 4.99 Å². The lowest BCUT2D eigenvalue weighted by molar-refractivity contribution is -0.0496. The smallest absolute Gasteiger partial charge is 0.356 e. The molecule has 2 aliphatic rings. The Labute approximate surface area is 170 Å². The summed E-state index contributed by atoms with van der Waals surface area (Å²) in [6.45, 7) is 2.54.